The van der Waals surface area contributed by atoms with Crippen LogP contribution in [0.25, 0.3) is 0 Å². The summed E-state index contributed by atoms with van der Waals surface area (Å²) in [6.07, 6.45) is 9.65. The minimum atomic E-state index is -0.0696. The summed E-state index contributed by atoms with van der Waals surface area (Å²) in [6, 6.07) is 11.7. The molecule has 3 aliphatic rings. The molecule has 28 heavy (non-hydrogen) atoms. The molecule has 4 rings (SSSR count). The van der Waals surface area contributed by atoms with Gasteiger partial charge >= 0.3 is 5.97 Å². The number of carbonyl (C=O) groups excluding carboxylic acids is 1. The molecule has 1 aromatic rings. The largest absolute Gasteiger partial charge is 0.461 e. The Bertz CT molecular complexity index is 650. The molecule has 2 saturated heterocycles. The van der Waals surface area contributed by atoms with Gasteiger partial charge in [0.1, 0.15) is 6.10 Å². The highest BCUT2D eigenvalue weighted by Crippen LogP contribution is 2.44. The maximum absolute atomic E-state index is 13.3. The number of rotatable bonds is 6. The van der Waals surface area contributed by atoms with Crippen LogP contribution < -0.4 is 0 Å². The van der Waals surface area contributed by atoms with Gasteiger partial charge in [0.05, 0.1) is 31.6 Å². The minimum Gasteiger partial charge on any atom is -0.461 e. The topological polar surface area (TPSA) is 26.3 Å². The highest BCUT2D eigenvalue weighted by atomic mass is 16.5. The highest BCUT2D eigenvalue weighted by Gasteiger charge is 2.52. The van der Waals surface area contributed by atoms with Crippen LogP contribution in [0.2, 0.25) is 0 Å². The fourth-order valence-corrected chi connectivity index (χ4v) is 6.66. The van der Waals surface area contributed by atoms with Crippen LogP contribution in [0.4, 0.5) is 0 Å². The lowest BCUT2D eigenvalue weighted by Gasteiger charge is -2.48. The van der Waals surface area contributed by atoms with Gasteiger partial charge in [0.15, 0.2) is 0 Å². The first-order valence-electron chi connectivity index (χ1n) is 11.6. The third kappa shape index (κ3) is 3.87. The van der Waals surface area contributed by atoms with E-state index in [-0.39, 0.29) is 18.0 Å². The van der Waals surface area contributed by atoms with Crippen LogP contribution in [0.3, 0.4) is 0 Å². The SMILES string of the molecule is CC(C)C[N+]1(C)C2CCC1CC(OC(=O)C(c1ccccc1)C1CCCC1)C2. The van der Waals surface area contributed by atoms with E-state index in [1.165, 1.54) is 36.7 Å². The summed E-state index contributed by atoms with van der Waals surface area (Å²) in [6.45, 7) is 5.92. The molecular weight excluding hydrogens is 346 g/mol. The van der Waals surface area contributed by atoms with Gasteiger partial charge in [-0.2, -0.15) is 0 Å². The van der Waals surface area contributed by atoms with Gasteiger partial charge in [-0.1, -0.05) is 57.0 Å². The van der Waals surface area contributed by atoms with Gasteiger partial charge in [-0.15, -0.1) is 0 Å². The Labute approximate surface area is 171 Å². The number of quaternary nitrogens is 1. The van der Waals surface area contributed by atoms with Crippen molar-refractivity contribution in [3.63, 3.8) is 0 Å². The maximum Gasteiger partial charge on any atom is 0.313 e. The molecule has 0 radical (unpaired) electrons. The van der Waals surface area contributed by atoms with Crippen LogP contribution >= 0.6 is 0 Å². The zero-order valence-corrected chi connectivity index (χ0v) is 18.0. The number of ether oxygens (including phenoxy) is 1. The Morgan fingerprint density at radius 2 is 1.64 bits per heavy atom. The second-order valence-corrected chi connectivity index (χ2v) is 10.3. The minimum absolute atomic E-state index is 0.0439. The summed E-state index contributed by atoms with van der Waals surface area (Å²) in [5, 5.41) is 0. The number of benzene rings is 1. The van der Waals surface area contributed by atoms with Crippen molar-refractivity contribution in [3.05, 3.63) is 35.9 Å². The summed E-state index contributed by atoms with van der Waals surface area (Å²) in [4.78, 5) is 13.3. The molecule has 2 bridgehead atoms. The molecule has 3 fully saturated rings. The van der Waals surface area contributed by atoms with E-state index in [2.05, 4.69) is 45.2 Å². The van der Waals surface area contributed by atoms with E-state index in [1.54, 1.807) is 0 Å². The normalized spacial score (nSPS) is 33.9. The van der Waals surface area contributed by atoms with E-state index in [9.17, 15) is 4.79 Å². The first kappa shape index (κ1) is 19.9. The van der Waals surface area contributed by atoms with Gasteiger partial charge in [0.25, 0.3) is 0 Å². The Morgan fingerprint density at radius 1 is 1.04 bits per heavy atom. The summed E-state index contributed by atoms with van der Waals surface area (Å²) >= 11 is 0. The quantitative estimate of drug-likeness (QED) is 0.491. The van der Waals surface area contributed by atoms with Gasteiger partial charge in [-0.3, -0.25) is 4.79 Å². The Morgan fingerprint density at radius 3 is 2.21 bits per heavy atom. The molecule has 2 aliphatic heterocycles. The average Bonchev–Trinajstić information content (AvgIpc) is 3.19. The number of nitrogens with zero attached hydrogens (tertiary/aromatic N) is 1. The van der Waals surface area contributed by atoms with Crippen LogP contribution in [0, 0.1) is 11.8 Å². The molecule has 3 atom stereocenters. The number of hydrogen-bond donors (Lipinski definition) is 0. The molecule has 1 aliphatic carbocycles. The summed E-state index contributed by atoms with van der Waals surface area (Å²) < 4.78 is 7.46. The number of piperidine rings is 1. The molecule has 3 nitrogen and oxygen atoms in total. The van der Waals surface area contributed by atoms with E-state index in [4.69, 9.17) is 4.74 Å². The van der Waals surface area contributed by atoms with Gasteiger partial charge in [0, 0.05) is 31.6 Å². The molecule has 0 N–H and O–H groups in total. The molecule has 154 valence electrons. The van der Waals surface area contributed by atoms with Crippen molar-refractivity contribution in [3.8, 4) is 0 Å². The molecule has 0 spiro atoms. The molecule has 1 saturated carbocycles. The van der Waals surface area contributed by atoms with Crippen LogP contribution in [0.15, 0.2) is 30.3 Å². The number of fused-ring (bicyclic) bond motifs is 2. The second kappa shape index (κ2) is 8.18. The Balaban J connectivity index is 1.46. The van der Waals surface area contributed by atoms with Crippen molar-refractivity contribution in [2.24, 2.45) is 11.8 Å². The fourth-order valence-electron chi connectivity index (χ4n) is 6.66. The molecule has 2 heterocycles. The fraction of sp³-hybridized carbons (Fsp3) is 0.720. The standard InChI is InChI=1S/C25H38NO2/c1-18(2)17-26(3)21-13-14-22(26)16-23(15-21)28-25(27)24(20-11-7-8-12-20)19-9-5-4-6-10-19/h4-6,9-10,18,20-24H,7-8,11-17H2,1-3H3/q+1. The third-order valence-electron chi connectivity index (χ3n) is 7.90. The van der Waals surface area contributed by atoms with Crippen molar-refractivity contribution in [2.45, 2.75) is 89.3 Å². The van der Waals surface area contributed by atoms with Crippen molar-refractivity contribution in [2.75, 3.05) is 13.6 Å². The van der Waals surface area contributed by atoms with E-state index >= 15 is 0 Å². The molecular formula is C25H38NO2+. The van der Waals surface area contributed by atoms with Crippen molar-refractivity contribution < 1.29 is 14.0 Å². The predicted octanol–water partition coefficient (Wildman–Crippen LogP) is 5.30. The predicted molar refractivity (Wildman–Crippen MR) is 113 cm³/mol. The van der Waals surface area contributed by atoms with E-state index in [0.29, 0.717) is 18.0 Å². The van der Waals surface area contributed by atoms with Crippen LogP contribution in [-0.4, -0.2) is 42.2 Å². The van der Waals surface area contributed by atoms with Gasteiger partial charge in [-0.25, -0.2) is 0 Å². The monoisotopic (exact) mass is 384 g/mol. The lowest BCUT2D eigenvalue weighted by atomic mass is 9.84. The second-order valence-electron chi connectivity index (χ2n) is 10.3. The molecule has 0 amide bonds. The van der Waals surface area contributed by atoms with E-state index in [1.807, 2.05) is 6.07 Å². The lowest BCUT2D eigenvalue weighted by molar-refractivity contribution is -0.951. The summed E-state index contributed by atoms with van der Waals surface area (Å²) in [7, 11) is 2.45. The summed E-state index contributed by atoms with van der Waals surface area (Å²) in [5.41, 5.74) is 1.15. The Kier molecular flexibility index (Phi) is 5.83. The van der Waals surface area contributed by atoms with Crippen molar-refractivity contribution in [1.29, 1.82) is 0 Å². The maximum atomic E-state index is 13.3. The number of hydrogen-bond acceptors (Lipinski definition) is 2. The third-order valence-corrected chi connectivity index (χ3v) is 7.90. The van der Waals surface area contributed by atoms with Gasteiger partial charge in [0.2, 0.25) is 0 Å². The van der Waals surface area contributed by atoms with E-state index < -0.39 is 0 Å². The molecule has 3 unspecified atom stereocenters. The van der Waals surface area contributed by atoms with Crippen molar-refractivity contribution >= 4 is 5.97 Å². The molecule has 3 heteroatoms. The number of carbonyl (C=O) groups is 1. The summed E-state index contributed by atoms with van der Waals surface area (Å²) in [5.74, 6) is 1.15. The van der Waals surface area contributed by atoms with Crippen LogP contribution in [0.1, 0.15) is 76.7 Å². The van der Waals surface area contributed by atoms with Crippen LogP contribution in [-0.2, 0) is 9.53 Å². The first-order valence-corrected chi connectivity index (χ1v) is 11.6. The molecule has 0 aromatic heterocycles. The zero-order valence-electron chi connectivity index (χ0n) is 18.0. The van der Waals surface area contributed by atoms with Gasteiger partial charge in [-0.05, 0) is 24.3 Å². The van der Waals surface area contributed by atoms with Gasteiger partial charge < -0.3 is 9.22 Å². The smallest absolute Gasteiger partial charge is 0.313 e. The van der Waals surface area contributed by atoms with E-state index in [0.717, 1.165) is 37.2 Å². The van der Waals surface area contributed by atoms with Crippen molar-refractivity contribution in [1.82, 2.24) is 0 Å². The number of esters is 1. The molecule has 1 aromatic carbocycles. The van der Waals surface area contributed by atoms with Crippen LogP contribution in [0.5, 0.6) is 0 Å². The zero-order chi connectivity index (χ0) is 19.7. The highest BCUT2D eigenvalue weighted by molar-refractivity contribution is 5.78. The average molecular weight is 385 g/mol. The first-order chi connectivity index (χ1) is 13.5. The lowest BCUT2D eigenvalue weighted by Crippen LogP contribution is -2.60. The Hall–Kier alpha value is -1.35.